The summed E-state index contributed by atoms with van der Waals surface area (Å²) < 4.78 is 2.31. The van der Waals surface area contributed by atoms with Crippen molar-refractivity contribution in [1.82, 2.24) is 9.47 Å². The van der Waals surface area contributed by atoms with Gasteiger partial charge < -0.3 is 4.57 Å². The van der Waals surface area contributed by atoms with Gasteiger partial charge in [-0.2, -0.15) is 12.6 Å². The third-order valence-corrected chi connectivity index (χ3v) is 5.95. The zero-order valence-electron chi connectivity index (χ0n) is 13.6. The Kier molecular flexibility index (Phi) is 3.74. The molecule has 0 spiro atoms. The van der Waals surface area contributed by atoms with E-state index in [0.717, 1.165) is 11.8 Å². The van der Waals surface area contributed by atoms with E-state index in [1.165, 1.54) is 48.8 Å². The molecule has 3 atom stereocenters. The molecule has 2 aromatic rings. The van der Waals surface area contributed by atoms with Gasteiger partial charge in [0.2, 0.25) is 0 Å². The molecule has 1 fully saturated rings. The minimum absolute atomic E-state index is 0.699. The molecule has 1 aliphatic carbocycles. The number of fused-ring (bicyclic) bond motifs is 2. The standard InChI is InChI=1S/C19H26N2S/c1-3-7-20-10-13(2)8-16-15-5-4-6-17-19(15)14(9-18(16)20)11-21(17)12-22/h4-6,11,13,16,18,22H,3,7-10,12H2,1-2H3/t13-,16-,18-/m1/s1. The van der Waals surface area contributed by atoms with Crippen LogP contribution >= 0.6 is 12.6 Å². The molecule has 1 aliphatic heterocycles. The Morgan fingerprint density at radius 2 is 2.18 bits per heavy atom. The minimum Gasteiger partial charge on any atom is -0.338 e. The monoisotopic (exact) mass is 314 g/mol. The molecule has 1 saturated heterocycles. The molecule has 118 valence electrons. The van der Waals surface area contributed by atoms with E-state index in [9.17, 15) is 0 Å². The van der Waals surface area contributed by atoms with Crippen molar-refractivity contribution in [3.8, 4) is 0 Å². The predicted octanol–water partition coefficient (Wildman–Crippen LogP) is 4.29. The van der Waals surface area contributed by atoms with Gasteiger partial charge in [0.25, 0.3) is 0 Å². The lowest BCUT2D eigenvalue weighted by Gasteiger charge is -2.46. The number of aromatic nitrogens is 1. The third kappa shape index (κ3) is 2.13. The first-order valence-corrected chi connectivity index (χ1v) is 9.31. The summed E-state index contributed by atoms with van der Waals surface area (Å²) in [6.07, 6.45) is 6.16. The van der Waals surface area contributed by atoms with Gasteiger partial charge >= 0.3 is 0 Å². The molecule has 0 N–H and O–H groups in total. The maximum absolute atomic E-state index is 4.51. The molecule has 1 aromatic carbocycles. The van der Waals surface area contributed by atoms with E-state index in [-0.39, 0.29) is 0 Å². The zero-order chi connectivity index (χ0) is 15.3. The summed E-state index contributed by atoms with van der Waals surface area (Å²) in [7, 11) is 0. The maximum Gasteiger partial charge on any atom is 0.0653 e. The fraction of sp³-hybridized carbons (Fsp3) is 0.579. The average Bonchev–Trinajstić information content (AvgIpc) is 2.88. The fourth-order valence-electron chi connectivity index (χ4n) is 4.88. The first-order chi connectivity index (χ1) is 10.7. The smallest absolute Gasteiger partial charge is 0.0653 e. The highest BCUT2D eigenvalue weighted by Gasteiger charge is 2.39. The summed E-state index contributed by atoms with van der Waals surface area (Å²) in [5.41, 5.74) is 4.51. The SMILES string of the molecule is CCCN1C[C@H](C)C[C@@H]2c3cccc4c3c(cn4CS)C[C@H]21. The molecular weight excluding hydrogens is 288 g/mol. The Morgan fingerprint density at radius 3 is 2.95 bits per heavy atom. The molecular formula is C19H26N2S. The van der Waals surface area contributed by atoms with Crippen LogP contribution in [0.1, 0.15) is 43.7 Å². The molecule has 0 bridgehead atoms. The molecule has 4 rings (SSSR count). The van der Waals surface area contributed by atoms with Crippen LogP contribution in [0.2, 0.25) is 0 Å². The summed E-state index contributed by atoms with van der Waals surface area (Å²) in [4.78, 5) is 2.76. The van der Waals surface area contributed by atoms with Crippen LogP contribution in [0.4, 0.5) is 0 Å². The van der Waals surface area contributed by atoms with E-state index in [0.29, 0.717) is 12.0 Å². The van der Waals surface area contributed by atoms with Gasteiger partial charge in [-0.3, -0.25) is 4.90 Å². The van der Waals surface area contributed by atoms with Gasteiger partial charge in [-0.05, 0) is 48.9 Å². The van der Waals surface area contributed by atoms with Crippen molar-refractivity contribution >= 4 is 23.5 Å². The van der Waals surface area contributed by atoms with Gasteiger partial charge in [-0.1, -0.05) is 26.0 Å². The lowest BCUT2D eigenvalue weighted by Crippen LogP contribution is -2.49. The lowest BCUT2D eigenvalue weighted by molar-refractivity contribution is 0.0910. The normalized spacial score (nSPS) is 28.0. The van der Waals surface area contributed by atoms with Crippen LogP contribution in [0.25, 0.3) is 10.9 Å². The van der Waals surface area contributed by atoms with Crippen molar-refractivity contribution in [2.45, 2.75) is 50.9 Å². The van der Waals surface area contributed by atoms with Gasteiger partial charge in [0.1, 0.15) is 0 Å². The first-order valence-electron chi connectivity index (χ1n) is 8.68. The highest BCUT2D eigenvalue weighted by molar-refractivity contribution is 7.79. The van der Waals surface area contributed by atoms with Gasteiger partial charge in [0, 0.05) is 35.6 Å². The Labute approximate surface area is 138 Å². The lowest BCUT2D eigenvalue weighted by atomic mass is 9.72. The number of benzene rings is 1. The van der Waals surface area contributed by atoms with Crippen LogP contribution in [-0.2, 0) is 12.3 Å². The average molecular weight is 314 g/mol. The van der Waals surface area contributed by atoms with Gasteiger partial charge in [-0.15, -0.1) is 0 Å². The number of hydrogen-bond acceptors (Lipinski definition) is 2. The van der Waals surface area contributed by atoms with Gasteiger partial charge in [0.05, 0.1) is 5.88 Å². The Hall–Kier alpha value is -0.930. The Morgan fingerprint density at radius 1 is 1.32 bits per heavy atom. The topological polar surface area (TPSA) is 8.17 Å². The molecule has 0 amide bonds. The van der Waals surface area contributed by atoms with Gasteiger partial charge in [-0.25, -0.2) is 0 Å². The number of piperidine rings is 1. The molecule has 3 heteroatoms. The van der Waals surface area contributed by atoms with Crippen molar-refractivity contribution < 1.29 is 0 Å². The number of thiol groups is 1. The second-order valence-electron chi connectivity index (χ2n) is 7.22. The third-order valence-electron chi connectivity index (χ3n) is 5.64. The van der Waals surface area contributed by atoms with Crippen LogP contribution in [0, 0.1) is 5.92 Å². The molecule has 2 heterocycles. The second-order valence-corrected chi connectivity index (χ2v) is 7.50. The molecule has 22 heavy (non-hydrogen) atoms. The molecule has 0 saturated carbocycles. The highest BCUT2D eigenvalue weighted by atomic mass is 32.1. The summed E-state index contributed by atoms with van der Waals surface area (Å²) >= 11 is 4.51. The molecule has 0 radical (unpaired) electrons. The predicted molar refractivity (Wildman–Crippen MR) is 96.8 cm³/mol. The van der Waals surface area contributed by atoms with E-state index >= 15 is 0 Å². The van der Waals surface area contributed by atoms with Crippen molar-refractivity contribution in [3.63, 3.8) is 0 Å². The maximum atomic E-state index is 4.51. The summed E-state index contributed by atoms with van der Waals surface area (Å²) in [5, 5.41) is 1.53. The molecule has 1 aromatic heterocycles. The van der Waals surface area contributed by atoms with Crippen LogP contribution in [-0.4, -0.2) is 28.6 Å². The number of hydrogen-bond donors (Lipinski definition) is 1. The molecule has 2 aliphatic rings. The minimum atomic E-state index is 0.699. The Bertz CT molecular complexity index is 690. The van der Waals surface area contributed by atoms with E-state index < -0.39 is 0 Å². The number of nitrogens with zero attached hydrogens (tertiary/aromatic N) is 2. The number of likely N-dealkylation sites (tertiary alicyclic amines) is 1. The largest absolute Gasteiger partial charge is 0.338 e. The van der Waals surface area contributed by atoms with E-state index in [2.05, 4.69) is 60.3 Å². The van der Waals surface area contributed by atoms with Crippen molar-refractivity contribution in [2.75, 3.05) is 13.1 Å². The van der Waals surface area contributed by atoms with Gasteiger partial charge in [0.15, 0.2) is 0 Å². The van der Waals surface area contributed by atoms with Crippen LogP contribution in [0.5, 0.6) is 0 Å². The summed E-state index contributed by atoms with van der Waals surface area (Å²) in [5.74, 6) is 2.28. The van der Waals surface area contributed by atoms with Crippen molar-refractivity contribution in [1.29, 1.82) is 0 Å². The van der Waals surface area contributed by atoms with Crippen molar-refractivity contribution in [3.05, 3.63) is 35.5 Å². The number of rotatable bonds is 3. The molecule has 0 unspecified atom stereocenters. The summed E-state index contributed by atoms with van der Waals surface area (Å²) in [6, 6.07) is 7.58. The highest BCUT2D eigenvalue weighted by Crippen LogP contribution is 2.45. The van der Waals surface area contributed by atoms with E-state index in [1.807, 2.05) is 0 Å². The van der Waals surface area contributed by atoms with Crippen LogP contribution < -0.4 is 0 Å². The summed E-state index contributed by atoms with van der Waals surface area (Å²) in [6.45, 7) is 7.24. The Balaban J connectivity index is 1.84. The van der Waals surface area contributed by atoms with E-state index in [4.69, 9.17) is 0 Å². The zero-order valence-corrected chi connectivity index (χ0v) is 14.5. The van der Waals surface area contributed by atoms with E-state index in [1.54, 1.807) is 5.56 Å². The van der Waals surface area contributed by atoms with Crippen molar-refractivity contribution in [2.24, 2.45) is 5.92 Å². The fourth-order valence-corrected chi connectivity index (χ4v) is 5.11. The first kappa shape index (κ1) is 14.6. The van der Waals surface area contributed by atoms with Crippen LogP contribution in [0.3, 0.4) is 0 Å². The van der Waals surface area contributed by atoms with Crippen LogP contribution in [0.15, 0.2) is 24.4 Å². The quantitative estimate of drug-likeness (QED) is 0.831. The second kappa shape index (κ2) is 5.61. The molecule has 2 nitrogen and oxygen atoms in total.